The molecule has 2 rings (SSSR count). The Morgan fingerprint density at radius 2 is 2.21 bits per heavy atom. The molecule has 0 saturated carbocycles. The number of fused-ring (bicyclic) bond motifs is 1. The van der Waals surface area contributed by atoms with E-state index in [2.05, 4.69) is 0 Å². The zero-order valence-corrected chi connectivity index (χ0v) is 11.3. The van der Waals surface area contributed by atoms with Gasteiger partial charge in [-0.2, -0.15) is 0 Å². The summed E-state index contributed by atoms with van der Waals surface area (Å²) in [5.41, 5.74) is 0.400. The van der Waals surface area contributed by atoms with Gasteiger partial charge in [0, 0.05) is 5.02 Å². The van der Waals surface area contributed by atoms with Crippen molar-refractivity contribution in [2.75, 3.05) is 11.4 Å². The SMILES string of the molecule is CC(C)C1Oc2ccc(Cl)cc2N(CC(=O)O)C1=O. The first-order chi connectivity index (χ1) is 8.90. The van der Waals surface area contributed by atoms with Crippen molar-refractivity contribution in [2.24, 2.45) is 5.92 Å². The fraction of sp³-hybridized carbons (Fsp3) is 0.385. The lowest BCUT2D eigenvalue weighted by Crippen LogP contribution is -2.50. The number of carbonyl (C=O) groups is 2. The summed E-state index contributed by atoms with van der Waals surface area (Å²) in [6, 6.07) is 4.83. The number of rotatable bonds is 3. The predicted octanol–water partition coefficient (Wildman–Crippen LogP) is 2.17. The summed E-state index contributed by atoms with van der Waals surface area (Å²) < 4.78 is 5.63. The van der Waals surface area contributed by atoms with Gasteiger partial charge in [0.25, 0.3) is 5.91 Å². The van der Waals surface area contributed by atoms with Gasteiger partial charge in [-0.15, -0.1) is 0 Å². The number of ether oxygens (including phenoxy) is 1. The van der Waals surface area contributed by atoms with E-state index in [1.165, 1.54) is 11.0 Å². The average Bonchev–Trinajstić information content (AvgIpc) is 2.32. The normalized spacial score (nSPS) is 18.2. The molecule has 1 amide bonds. The molecule has 0 spiro atoms. The number of amides is 1. The Balaban J connectivity index is 2.47. The van der Waals surface area contributed by atoms with Crippen molar-refractivity contribution in [3.05, 3.63) is 23.2 Å². The Labute approximate surface area is 115 Å². The number of hydrogen-bond acceptors (Lipinski definition) is 3. The van der Waals surface area contributed by atoms with Gasteiger partial charge in [0.05, 0.1) is 5.69 Å². The van der Waals surface area contributed by atoms with Crippen molar-refractivity contribution in [1.82, 2.24) is 0 Å². The Hall–Kier alpha value is -1.75. The van der Waals surface area contributed by atoms with Crippen LogP contribution in [-0.2, 0) is 9.59 Å². The van der Waals surface area contributed by atoms with Crippen LogP contribution in [0.1, 0.15) is 13.8 Å². The highest BCUT2D eigenvalue weighted by atomic mass is 35.5. The molecule has 0 bridgehead atoms. The smallest absolute Gasteiger partial charge is 0.323 e. The second-order valence-electron chi connectivity index (χ2n) is 4.71. The third kappa shape index (κ3) is 2.66. The lowest BCUT2D eigenvalue weighted by atomic mass is 10.0. The van der Waals surface area contributed by atoms with Crippen LogP contribution < -0.4 is 9.64 Å². The zero-order chi connectivity index (χ0) is 14.2. The van der Waals surface area contributed by atoms with E-state index in [9.17, 15) is 9.59 Å². The monoisotopic (exact) mass is 283 g/mol. The summed E-state index contributed by atoms with van der Waals surface area (Å²) in [7, 11) is 0. The van der Waals surface area contributed by atoms with Crippen LogP contribution in [0, 0.1) is 5.92 Å². The number of nitrogens with zero attached hydrogens (tertiary/aromatic N) is 1. The van der Waals surface area contributed by atoms with Gasteiger partial charge < -0.3 is 9.84 Å². The number of halogens is 1. The van der Waals surface area contributed by atoms with Gasteiger partial charge >= 0.3 is 5.97 Å². The summed E-state index contributed by atoms with van der Waals surface area (Å²) in [4.78, 5) is 24.4. The van der Waals surface area contributed by atoms with Gasteiger partial charge in [-0.1, -0.05) is 25.4 Å². The van der Waals surface area contributed by atoms with Crippen molar-refractivity contribution in [2.45, 2.75) is 20.0 Å². The van der Waals surface area contributed by atoms with Gasteiger partial charge in [0.2, 0.25) is 0 Å². The minimum absolute atomic E-state index is 0.0485. The molecule has 0 radical (unpaired) electrons. The highest BCUT2D eigenvalue weighted by Gasteiger charge is 2.37. The van der Waals surface area contributed by atoms with Gasteiger partial charge in [-0.3, -0.25) is 14.5 Å². The topological polar surface area (TPSA) is 66.8 Å². The molecule has 1 heterocycles. The number of benzene rings is 1. The van der Waals surface area contributed by atoms with Gasteiger partial charge in [0.1, 0.15) is 12.3 Å². The molecular weight excluding hydrogens is 270 g/mol. The number of carboxylic acid groups (broad SMARTS) is 1. The van der Waals surface area contributed by atoms with Crippen LogP contribution in [0.4, 0.5) is 5.69 Å². The summed E-state index contributed by atoms with van der Waals surface area (Å²) in [5.74, 6) is -1.01. The maximum Gasteiger partial charge on any atom is 0.323 e. The summed E-state index contributed by atoms with van der Waals surface area (Å²) in [5, 5.41) is 9.36. The van der Waals surface area contributed by atoms with Crippen molar-refractivity contribution < 1.29 is 19.4 Å². The Bertz CT molecular complexity index is 529. The van der Waals surface area contributed by atoms with Crippen LogP contribution in [0.15, 0.2) is 18.2 Å². The molecule has 19 heavy (non-hydrogen) atoms. The van der Waals surface area contributed by atoms with E-state index in [1.54, 1.807) is 12.1 Å². The average molecular weight is 284 g/mol. The van der Waals surface area contributed by atoms with E-state index in [1.807, 2.05) is 13.8 Å². The van der Waals surface area contributed by atoms with E-state index in [0.29, 0.717) is 16.5 Å². The quantitative estimate of drug-likeness (QED) is 0.923. The molecule has 1 N–H and O–H groups in total. The van der Waals surface area contributed by atoms with Gasteiger partial charge in [-0.25, -0.2) is 0 Å². The molecule has 1 aromatic rings. The highest BCUT2D eigenvalue weighted by molar-refractivity contribution is 6.31. The summed E-state index contributed by atoms with van der Waals surface area (Å²) in [6.07, 6.45) is -0.673. The largest absolute Gasteiger partial charge is 0.480 e. The van der Waals surface area contributed by atoms with Crippen molar-refractivity contribution in [3.8, 4) is 5.75 Å². The van der Waals surface area contributed by atoms with Crippen LogP contribution >= 0.6 is 11.6 Å². The maximum atomic E-state index is 12.3. The minimum atomic E-state index is -1.08. The fourth-order valence-corrected chi connectivity index (χ4v) is 2.15. The lowest BCUT2D eigenvalue weighted by Gasteiger charge is -2.35. The Kier molecular flexibility index (Phi) is 3.66. The maximum absolute atomic E-state index is 12.3. The first-order valence-corrected chi connectivity index (χ1v) is 6.27. The van der Waals surface area contributed by atoms with Gasteiger partial charge in [-0.05, 0) is 24.1 Å². The van der Waals surface area contributed by atoms with E-state index in [4.69, 9.17) is 21.4 Å². The summed E-state index contributed by atoms with van der Waals surface area (Å²) >= 11 is 5.88. The lowest BCUT2D eigenvalue weighted by molar-refractivity contribution is -0.138. The first kappa shape index (κ1) is 13.7. The second kappa shape index (κ2) is 5.09. The summed E-state index contributed by atoms with van der Waals surface area (Å²) in [6.45, 7) is 3.30. The number of carboxylic acids is 1. The number of anilines is 1. The Morgan fingerprint density at radius 1 is 1.53 bits per heavy atom. The van der Waals surface area contributed by atoms with E-state index >= 15 is 0 Å². The predicted molar refractivity (Wildman–Crippen MR) is 70.7 cm³/mol. The molecule has 5 nitrogen and oxygen atoms in total. The van der Waals surface area contributed by atoms with Crippen LogP contribution in [0.2, 0.25) is 5.02 Å². The van der Waals surface area contributed by atoms with Crippen LogP contribution in [0.3, 0.4) is 0 Å². The number of aliphatic carboxylic acids is 1. The molecule has 1 unspecified atom stereocenters. The van der Waals surface area contributed by atoms with Gasteiger partial charge in [0.15, 0.2) is 6.10 Å². The van der Waals surface area contributed by atoms with Crippen LogP contribution in [0.5, 0.6) is 5.75 Å². The molecule has 102 valence electrons. The van der Waals surface area contributed by atoms with E-state index in [0.717, 1.165) is 0 Å². The molecule has 6 heteroatoms. The van der Waals surface area contributed by atoms with Crippen LogP contribution in [-0.4, -0.2) is 29.6 Å². The number of hydrogen-bond donors (Lipinski definition) is 1. The van der Waals surface area contributed by atoms with Crippen molar-refractivity contribution in [3.63, 3.8) is 0 Å². The molecule has 1 aliphatic rings. The minimum Gasteiger partial charge on any atom is -0.480 e. The number of carbonyl (C=O) groups excluding carboxylic acids is 1. The second-order valence-corrected chi connectivity index (χ2v) is 5.15. The van der Waals surface area contributed by atoms with Crippen molar-refractivity contribution >= 4 is 29.2 Å². The molecule has 1 atom stereocenters. The molecule has 0 fully saturated rings. The molecule has 0 saturated heterocycles. The van der Waals surface area contributed by atoms with Crippen molar-refractivity contribution in [1.29, 1.82) is 0 Å². The third-order valence-electron chi connectivity index (χ3n) is 2.87. The molecular formula is C13H14ClNO4. The molecule has 0 aromatic heterocycles. The highest BCUT2D eigenvalue weighted by Crippen LogP contribution is 2.37. The van der Waals surface area contributed by atoms with E-state index in [-0.39, 0.29) is 11.8 Å². The zero-order valence-electron chi connectivity index (χ0n) is 10.6. The fourth-order valence-electron chi connectivity index (χ4n) is 1.98. The standard InChI is InChI=1S/C13H14ClNO4/c1-7(2)12-13(18)15(6-11(16)17)9-5-8(14)3-4-10(9)19-12/h3-5,7,12H,6H2,1-2H3,(H,16,17). The third-order valence-corrected chi connectivity index (χ3v) is 3.11. The Morgan fingerprint density at radius 3 is 2.79 bits per heavy atom. The molecule has 1 aromatic carbocycles. The van der Waals surface area contributed by atoms with E-state index < -0.39 is 18.6 Å². The van der Waals surface area contributed by atoms with Crippen LogP contribution in [0.25, 0.3) is 0 Å². The molecule has 1 aliphatic heterocycles. The molecule has 0 aliphatic carbocycles. The first-order valence-electron chi connectivity index (χ1n) is 5.89.